The smallest absolute Gasteiger partial charge is 0.244 e. The monoisotopic (exact) mass is 302 g/mol. The molecule has 5 nitrogen and oxygen atoms in total. The fraction of sp³-hybridized carbons (Fsp3) is 0.714. The van der Waals surface area contributed by atoms with Crippen molar-refractivity contribution in [1.82, 2.24) is 10.0 Å². The van der Waals surface area contributed by atoms with E-state index in [9.17, 15) is 8.42 Å². The lowest BCUT2D eigenvalue weighted by Crippen LogP contribution is -2.25. The van der Waals surface area contributed by atoms with Gasteiger partial charge in [0.2, 0.25) is 10.0 Å². The highest BCUT2D eigenvalue weighted by Gasteiger charge is 2.21. The SMILES string of the molecule is Cc1oc(CNC(C)C)cc1S(=O)(=O)NCCC(C)C. The van der Waals surface area contributed by atoms with E-state index in [1.54, 1.807) is 13.0 Å². The fourth-order valence-corrected chi connectivity index (χ4v) is 2.99. The fourth-order valence-electron chi connectivity index (χ4n) is 1.74. The molecular weight excluding hydrogens is 276 g/mol. The van der Waals surface area contributed by atoms with Crippen molar-refractivity contribution in [3.05, 3.63) is 17.6 Å². The van der Waals surface area contributed by atoms with Crippen LogP contribution in [0.25, 0.3) is 0 Å². The molecule has 1 aromatic rings. The summed E-state index contributed by atoms with van der Waals surface area (Å²) in [4.78, 5) is 0.238. The Morgan fingerprint density at radius 2 is 1.90 bits per heavy atom. The Bertz CT molecular complexity index is 519. The van der Waals surface area contributed by atoms with Gasteiger partial charge in [-0.15, -0.1) is 0 Å². The molecule has 1 heterocycles. The molecule has 0 aliphatic rings. The highest BCUT2D eigenvalue weighted by molar-refractivity contribution is 7.89. The summed E-state index contributed by atoms with van der Waals surface area (Å²) in [6.45, 7) is 10.8. The predicted octanol–water partition coefficient (Wildman–Crippen LogP) is 2.41. The summed E-state index contributed by atoms with van der Waals surface area (Å²) >= 11 is 0. The van der Waals surface area contributed by atoms with Gasteiger partial charge in [0, 0.05) is 18.7 Å². The highest BCUT2D eigenvalue weighted by Crippen LogP contribution is 2.20. The van der Waals surface area contributed by atoms with E-state index in [1.807, 2.05) is 13.8 Å². The van der Waals surface area contributed by atoms with Gasteiger partial charge >= 0.3 is 0 Å². The van der Waals surface area contributed by atoms with Gasteiger partial charge in [-0.3, -0.25) is 0 Å². The number of hydrogen-bond acceptors (Lipinski definition) is 4. The van der Waals surface area contributed by atoms with Gasteiger partial charge in [-0.1, -0.05) is 27.7 Å². The van der Waals surface area contributed by atoms with Crippen molar-refractivity contribution in [2.24, 2.45) is 5.92 Å². The van der Waals surface area contributed by atoms with Crippen LogP contribution in [0.15, 0.2) is 15.4 Å². The van der Waals surface area contributed by atoms with E-state index >= 15 is 0 Å². The van der Waals surface area contributed by atoms with Crippen molar-refractivity contribution in [3.63, 3.8) is 0 Å². The zero-order chi connectivity index (χ0) is 15.3. The van der Waals surface area contributed by atoms with E-state index in [0.717, 1.165) is 6.42 Å². The normalized spacial score (nSPS) is 12.6. The number of rotatable bonds is 8. The largest absolute Gasteiger partial charge is 0.464 e. The van der Waals surface area contributed by atoms with Crippen LogP contribution in [0.2, 0.25) is 0 Å². The van der Waals surface area contributed by atoms with Crippen LogP contribution >= 0.6 is 0 Å². The molecule has 0 radical (unpaired) electrons. The number of sulfonamides is 1. The van der Waals surface area contributed by atoms with Crippen molar-refractivity contribution >= 4 is 10.0 Å². The molecule has 6 heteroatoms. The van der Waals surface area contributed by atoms with Crippen LogP contribution in [-0.4, -0.2) is 21.0 Å². The van der Waals surface area contributed by atoms with Gasteiger partial charge in [-0.2, -0.15) is 0 Å². The van der Waals surface area contributed by atoms with Crippen molar-refractivity contribution in [2.75, 3.05) is 6.54 Å². The van der Waals surface area contributed by atoms with Gasteiger partial charge in [0.1, 0.15) is 16.4 Å². The lowest BCUT2D eigenvalue weighted by molar-refractivity contribution is 0.444. The minimum Gasteiger partial charge on any atom is -0.464 e. The van der Waals surface area contributed by atoms with E-state index in [-0.39, 0.29) is 4.90 Å². The molecule has 0 unspecified atom stereocenters. The third-order valence-corrected chi connectivity index (χ3v) is 4.48. The third kappa shape index (κ3) is 5.26. The molecule has 0 aliphatic heterocycles. The maximum Gasteiger partial charge on any atom is 0.244 e. The molecule has 0 amide bonds. The van der Waals surface area contributed by atoms with E-state index in [0.29, 0.717) is 36.6 Å². The zero-order valence-electron chi connectivity index (χ0n) is 13.0. The van der Waals surface area contributed by atoms with Crippen molar-refractivity contribution in [2.45, 2.75) is 58.5 Å². The number of hydrogen-bond donors (Lipinski definition) is 2. The first-order valence-electron chi connectivity index (χ1n) is 7.04. The second-order valence-electron chi connectivity index (χ2n) is 5.75. The topological polar surface area (TPSA) is 71.3 Å². The average Bonchev–Trinajstić information content (AvgIpc) is 2.68. The molecule has 116 valence electrons. The lowest BCUT2D eigenvalue weighted by Gasteiger charge is -2.07. The number of aryl methyl sites for hydroxylation is 1. The maximum atomic E-state index is 12.2. The Hall–Kier alpha value is -0.850. The molecule has 2 N–H and O–H groups in total. The summed E-state index contributed by atoms with van der Waals surface area (Å²) in [5, 5.41) is 3.20. The molecule has 1 rings (SSSR count). The molecule has 20 heavy (non-hydrogen) atoms. The zero-order valence-corrected chi connectivity index (χ0v) is 13.8. The van der Waals surface area contributed by atoms with Crippen LogP contribution in [0.3, 0.4) is 0 Å². The second-order valence-corrected chi connectivity index (χ2v) is 7.48. The van der Waals surface area contributed by atoms with Crippen LogP contribution in [-0.2, 0) is 16.6 Å². The first-order chi connectivity index (χ1) is 9.22. The molecular formula is C14H26N2O3S. The molecule has 0 saturated carbocycles. The minimum atomic E-state index is -3.48. The van der Waals surface area contributed by atoms with Crippen molar-refractivity contribution < 1.29 is 12.8 Å². The van der Waals surface area contributed by atoms with Gasteiger partial charge in [-0.05, 0) is 19.3 Å². The van der Waals surface area contributed by atoms with E-state index in [2.05, 4.69) is 23.9 Å². The summed E-state index contributed by atoms with van der Waals surface area (Å²) in [7, 11) is -3.48. The van der Waals surface area contributed by atoms with Gasteiger partial charge in [0.05, 0.1) is 6.54 Å². The van der Waals surface area contributed by atoms with E-state index < -0.39 is 10.0 Å². The Morgan fingerprint density at radius 1 is 1.25 bits per heavy atom. The van der Waals surface area contributed by atoms with E-state index in [4.69, 9.17) is 4.42 Å². The van der Waals surface area contributed by atoms with Gasteiger partial charge < -0.3 is 9.73 Å². The standard InChI is InChI=1S/C14H26N2O3S/c1-10(2)6-7-16-20(17,18)14-8-13(19-12(14)5)9-15-11(3)4/h8,10-11,15-16H,6-7,9H2,1-5H3. The minimum absolute atomic E-state index is 0.238. The van der Waals surface area contributed by atoms with Crippen LogP contribution < -0.4 is 10.0 Å². The molecule has 0 spiro atoms. The molecule has 0 fully saturated rings. The predicted molar refractivity (Wildman–Crippen MR) is 80.1 cm³/mol. The van der Waals surface area contributed by atoms with Gasteiger partial charge in [-0.25, -0.2) is 13.1 Å². The summed E-state index contributed by atoms with van der Waals surface area (Å²) in [5.74, 6) is 1.54. The summed E-state index contributed by atoms with van der Waals surface area (Å²) < 4.78 is 32.5. The number of nitrogens with one attached hydrogen (secondary N) is 2. The summed E-state index contributed by atoms with van der Waals surface area (Å²) in [6.07, 6.45) is 0.817. The Morgan fingerprint density at radius 3 is 2.45 bits per heavy atom. The van der Waals surface area contributed by atoms with Crippen molar-refractivity contribution in [3.8, 4) is 0 Å². The first kappa shape index (κ1) is 17.2. The molecule has 0 atom stereocenters. The van der Waals surface area contributed by atoms with Crippen molar-refractivity contribution in [1.29, 1.82) is 0 Å². The lowest BCUT2D eigenvalue weighted by atomic mass is 10.1. The maximum absolute atomic E-state index is 12.2. The Balaban J connectivity index is 2.74. The highest BCUT2D eigenvalue weighted by atomic mass is 32.2. The van der Waals surface area contributed by atoms with Gasteiger partial charge in [0.15, 0.2) is 0 Å². The van der Waals surface area contributed by atoms with Crippen LogP contribution in [0.5, 0.6) is 0 Å². The van der Waals surface area contributed by atoms with Crippen LogP contribution in [0.1, 0.15) is 45.6 Å². The molecule has 1 aromatic heterocycles. The number of furan rings is 1. The van der Waals surface area contributed by atoms with Gasteiger partial charge in [0.25, 0.3) is 0 Å². The van der Waals surface area contributed by atoms with Crippen LogP contribution in [0, 0.1) is 12.8 Å². The second kappa shape index (κ2) is 7.24. The molecule has 0 saturated heterocycles. The molecule has 0 aliphatic carbocycles. The quantitative estimate of drug-likeness (QED) is 0.773. The third-order valence-electron chi connectivity index (χ3n) is 2.91. The summed E-state index contributed by atoms with van der Waals surface area (Å²) in [6, 6.07) is 1.92. The molecule has 0 bridgehead atoms. The Labute approximate surface area is 122 Å². The Kier molecular flexibility index (Phi) is 6.23. The van der Waals surface area contributed by atoms with E-state index in [1.165, 1.54) is 0 Å². The van der Waals surface area contributed by atoms with Crippen LogP contribution in [0.4, 0.5) is 0 Å². The summed E-state index contributed by atoms with van der Waals surface area (Å²) in [5.41, 5.74) is 0. The average molecular weight is 302 g/mol. The molecule has 0 aromatic carbocycles. The first-order valence-corrected chi connectivity index (χ1v) is 8.53.